The first-order valence-corrected chi connectivity index (χ1v) is 15.9. The molecular weight excluding hydrogens is 586 g/mol. The van der Waals surface area contributed by atoms with Gasteiger partial charge in [0.1, 0.15) is 6.04 Å². The number of nitrogens with zero attached hydrogens (tertiary/aromatic N) is 3. The van der Waals surface area contributed by atoms with E-state index in [0.29, 0.717) is 23.2 Å². The maximum atomic E-state index is 14.3. The summed E-state index contributed by atoms with van der Waals surface area (Å²) in [7, 11) is 0.901. The lowest BCUT2D eigenvalue weighted by Crippen LogP contribution is -2.62. The molecule has 2 saturated heterocycles. The number of methoxy groups -OCH3 is 1. The number of nitrogens with one attached hydrogen (secondary N) is 2. The summed E-state index contributed by atoms with van der Waals surface area (Å²) in [4.78, 5) is 42.1. The Morgan fingerprint density at radius 2 is 1.73 bits per heavy atom. The van der Waals surface area contributed by atoms with Crippen molar-refractivity contribution in [1.29, 1.82) is 0 Å². The van der Waals surface area contributed by atoms with Crippen LogP contribution < -0.4 is 15.5 Å². The highest BCUT2D eigenvalue weighted by Gasteiger charge is 2.42. The van der Waals surface area contributed by atoms with Crippen LogP contribution in [-0.4, -0.2) is 102 Å². The average molecular weight is 624 g/mol. The number of hydrogen-bond donors (Lipinski definition) is 2. The van der Waals surface area contributed by atoms with E-state index < -0.39 is 34.0 Å². The number of amides is 3. The molecule has 44 heavy (non-hydrogen) atoms. The quantitative estimate of drug-likeness (QED) is 0.366. The number of ether oxygens (including phenoxy) is 2. The van der Waals surface area contributed by atoms with Crippen molar-refractivity contribution in [2.75, 3.05) is 64.2 Å². The van der Waals surface area contributed by atoms with Crippen molar-refractivity contribution < 1.29 is 32.3 Å². The van der Waals surface area contributed by atoms with E-state index >= 15 is 0 Å². The van der Waals surface area contributed by atoms with Crippen molar-refractivity contribution in [2.45, 2.75) is 29.9 Å². The maximum absolute atomic E-state index is 14.3. The minimum atomic E-state index is -4.17. The van der Waals surface area contributed by atoms with Crippen LogP contribution in [0.2, 0.25) is 0 Å². The van der Waals surface area contributed by atoms with Gasteiger partial charge in [-0.3, -0.25) is 4.79 Å². The zero-order chi connectivity index (χ0) is 31.4. The van der Waals surface area contributed by atoms with Gasteiger partial charge in [-0.2, -0.15) is 4.31 Å². The third kappa shape index (κ3) is 6.49. The minimum Gasteiger partial charge on any atom is -0.465 e. The van der Waals surface area contributed by atoms with Crippen LogP contribution in [0.3, 0.4) is 0 Å². The van der Waals surface area contributed by atoms with Gasteiger partial charge >= 0.3 is 12.0 Å². The lowest BCUT2D eigenvalue weighted by Gasteiger charge is -2.39. The second-order valence-corrected chi connectivity index (χ2v) is 12.8. The summed E-state index contributed by atoms with van der Waals surface area (Å²) in [6.45, 7) is 0.696. The average Bonchev–Trinajstić information content (AvgIpc) is 3.56. The summed E-state index contributed by atoms with van der Waals surface area (Å²) in [6.07, 6.45) is 1.57. The Morgan fingerprint density at radius 1 is 1.00 bits per heavy atom. The molecule has 2 aliphatic rings. The van der Waals surface area contributed by atoms with Gasteiger partial charge in [-0.05, 0) is 49.2 Å². The molecule has 0 aliphatic carbocycles. The lowest BCUT2D eigenvalue weighted by molar-refractivity contribution is -0.126. The highest BCUT2D eigenvalue weighted by atomic mass is 32.2. The summed E-state index contributed by atoms with van der Waals surface area (Å²) in [6, 6.07) is 15.1. The number of hydrogen-bond acceptors (Lipinski definition) is 8. The number of urea groups is 1. The second kappa shape index (κ2) is 13.2. The van der Waals surface area contributed by atoms with E-state index in [9.17, 15) is 22.8 Å². The van der Waals surface area contributed by atoms with Crippen LogP contribution in [0.25, 0.3) is 10.8 Å². The highest BCUT2D eigenvalue weighted by Crippen LogP contribution is 2.33. The molecule has 2 heterocycles. The summed E-state index contributed by atoms with van der Waals surface area (Å²) >= 11 is 0. The van der Waals surface area contributed by atoms with Crippen LogP contribution >= 0.6 is 0 Å². The molecule has 0 radical (unpaired) electrons. The van der Waals surface area contributed by atoms with Gasteiger partial charge < -0.3 is 29.9 Å². The van der Waals surface area contributed by atoms with E-state index in [4.69, 9.17) is 9.47 Å². The second-order valence-electron chi connectivity index (χ2n) is 11.0. The number of piperazine rings is 1. The maximum Gasteiger partial charge on any atom is 0.337 e. The third-order valence-electron chi connectivity index (χ3n) is 7.93. The molecule has 5 rings (SSSR count). The third-order valence-corrected chi connectivity index (χ3v) is 9.90. The first-order chi connectivity index (χ1) is 21.1. The number of carbonyl (C=O) groups is 3. The Kier molecular flexibility index (Phi) is 9.37. The zero-order valence-corrected chi connectivity index (χ0v) is 25.8. The zero-order valence-electron chi connectivity index (χ0n) is 25.0. The molecule has 3 amide bonds. The van der Waals surface area contributed by atoms with Gasteiger partial charge in [-0.15, -0.1) is 0 Å². The molecule has 12 nitrogen and oxygen atoms in total. The Balaban J connectivity index is 1.41. The largest absolute Gasteiger partial charge is 0.465 e. The van der Waals surface area contributed by atoms with Crippen molar-refractivity contribution >= 4 is 50.1 Å². The number of sulfonamides is 1. The molecule has 0 aromatic heterocycles. The molecule has 2 atom stereocenters. The van der Waals surface area contributed by atoms with Gasteiger partial charge in [0.25, 0.3) is 0 Å². The Morgan fingerprint density at radius 3 is 2.41 bits per heavy atom. The van der Waals surface area contributed by atoms with Crippen molar-refractivity contribution in [3.05, 3.63) is 66.2 Å². The Labute approximate surface area is 256 Å². The van der Waals surface area contributed by atoms with Gasteiger partial charge in [0.2, 0.25) is 15.9 Å². The molecule has 0 bridgehead atoms. The van der Waals surface area contributed by atoms with Crippen LogP contribution in [0.15, 0.2) is 65.6 Å². The molecule has 2 fully saturated rings. The predicted octanol–water partition coefficient (Wildman–Crippen LogP) is 2.89. The fraction of sp³-hybridized carbons (Fsp3) is 0.387. The molecule has 3 aromatic carbocycles. The summed E-state index contributed by atoms with van der Waals surface area (Å²) in [5.41, 5.74) is 1.63. The van der Waals surface area contributed by atoms with Crippen LogP contribution in [0.4, 0.5) is 16.2 Å². The standard InChI is InChI=1S/C31H37N5O7S/c1-34(2)26-10-4-9-25-24(26)8-5-11-28(25)44(40,41)36-17-16-35(20-27(36)29(37)32-19-23-7-6-18-43-23)31(39)33-22-14-12-21(13-15-22)30(38)42-3/h4-5,8-15,23,27H,6-7,16-20H2,1-3H3,(H,32,37)(H,33,39). The lowest BCUT2D eigenvalue weighted by atomic mass is 10.1. The van der Waals surface area contributed by atoms with Crippen LogP contribution in [0.1, 0.15) is 23.2 Å². The van der Waals surface area contributed by atoms with Gasteiger partial charge in [0, 0.05) is 69.0 Å². The summed E-state index contributed by atoms with van der Waals surface area (Å²) < 4.78 is 40.1. The first kappa shape index (κ1) is 31.2. The van der Waals surface area contributed by atoms with E-state index in [1.54, 1.807) is 30.3 Å². The van der Waals surface area contributed by atoms with Crippen molar-refractivity contribution in [1.82, 2.24) is 14.5 Å². The summed E-state index contributed by atoms with van der Waals surface area (Å²) in [5, 5.41) is 6.95. The van der Waals surface area contributed by atoms with E-state index in [0.717, 1.165) is 23.9 Å². The van der Waals surface area contributed by atoms with E-state index in [-0.39, 0.29) is 37.2 Å². The van der Waals surface area contributed by atoms with Gasteiger partial charge in [0.05, 0.1) is 23.7 Å². The smallest absolute Gasteiger partial charge is 0.337 e. The van der Waals surface area contributed by atoms with E-state index in [2.05, 4.69) is 10.6 Å². The number of carbonyl (C=O) groups excluding carboxylic acids is 3. The minimum absolute atomic E-state index is 0.0640. The molecular formula is C31H37N5O7S. The molecule has 0 saturated carbocycles. The number of fused-ring (bicyclic) bond motifs is 1. The van der Waals surface area contributed by atoms with Gasteiger partial charge in [0.15, 0.2) is 0 Å². The molecule has 0 spiro atoms. The van der Waals surface area contributed by atoms with Crippen molar-refractivity contribution in [3.8, 4) is 0 Å². The van der Waals surface area contributed by atoms with Crippen LogP contribution in [0.5, 0.6) is 0 Å². The number of benzene rings is 3. The molecule has 2 aliphatic heterocycles. The van der Waals surface area contributed by atoms with Crippen LogP contribution in [0, 0.1) is 0 Å². The topological polar surface area (TPSA) is 138 Å². The van der Waals surface area contributed by atoms with E-state index in [1.807, 2.05) is 37.2 Å². The van der Waals surface area contributed by atoms with E-state index in [1.165, 1.54) is 28.4 Å². The van der Waals surface area contributed by atoms with Crippen LogP contribution in [-0.2, 0) is 24.3 Å². The highest BCUT2D eigenvalue weighted by molar-refractivity contribution is 7.89. The van der Waals surface area contributed by atoms with Crippen molar-refractivity contribution in [3.63, 3.8) is 0 Å². The normalized spacial score (nSPS) is 19.0. The first-order valence-electron chi connectivity index (χ1n) is 14.4. The number of esters is 1. The summed E-state index contributed by atoms with van der Waals surface area (Å²) in [5.74, 6) is -1.00. The Hall–Kier alpha value is -4.20. The number of rotatable bonds is 8. The van der Waals surface area contributed by atoms with Gasteiger partial charge in [-0.1, -0.05) is 24.3 Å². The Bertz CT molecular complexity index is 1640. The molecule has 2 unspecified atom stereocenters. The fourth-order valence-corrected chi connectivity index (χ4v) is 7.38. The molecule has 2 N–H and O–H groups in total. The predicted molar refractivity (Wildman–Crippen MR) is 166 cm³/mol. The SMILES string of the molecule is COC(=O)c1ccc(NC(=O)N2CCN(S(=O)(=O)c3cccc4c(N(C)C)cccc34)C(C(=O)NCC3CCCO3)C2)cc1. The monoisotopic (exact) mass is 623 g/mol. The van der Waals surface area contributed by atoms with Gasteiger partial charge in [-0.25, -0.2) is 18.0 Å². The molecule has 13 heteroatoms. The molecule has 234 valence electrons. The number of anilines is 2. The molecule has 3 aromatic rings. The fourth-order valence-electron chi connectivity index (χ4n) is 5.61. The van der Waals surface area contributed by atoms with Crippen molar-refractivity contribution in [2.24, 2.45) is 0 Å².